The number of hydrogen-bond donors (Lipinski definition) is 0. The summed E-state index contributed by atoms with van der Waals surface area (Å²) in [5, 5.41) is 5.38. The maximum atomic E-state index is 2.45. The topological polar surface area (TPSA) is 9.86 Å². The van der Waals surface area contributed by atoms with E-state index in [0.29, 0.717) is 0 Å². The molecule has 2 heterocycles. The Hall–Kier alpha value is -7.46. The highest BCUT2D eigenvalue weighted by Crippen LogP contribution is 2.39. The van der Waals surface area contributed by atoms with Crippen molar-refractivity contribution in [2.24, 2.45) is 0 Å². The zero-order chi connectivity index (χ0) is 40.3. The zero-order valence-electron chi connectivity index (χ0n) is 33.6. The Morgan fingerprint density at radius 2 is 0.650 bits per heavy atom. The number of para-hydroxylation sites is 2. The maximum Gasteiger partial charge on any atom is 0.182 e. The van der Waals surface area contributed by atoms with Crippen LogP contribution in [0.1, 0.15) is 5.56 Å². The molecule has 0 amide bonds. The molecule has 0 bridgehead atoms. The molecule has 60 heavy (non-hydrogen) atoms. The molecule has 0 fully saturated rings. The van der Waals surface area contributed by atoms with Gasteiger partial charge >= 0.3 is 0 Å². The average molecular weight is 785 g/mol. The lowest BCUT2D eigenvalue weighted by molar-refractivity contribution is 1.08. The third kappa shape index (κ3) is 6.46. The van der Waals surface area contributed by atoms with Gasteiger partial charge in [0, 0.05) is 34.9 Å². The first-order valence-corrected chi connectivity index (χ1v) is 22.7. The van der Waals surface area contributed by atoms with Crippen molar-refractivity contribution in [3.8, 4) is 56.1 Å². The van der Waals surface area contributed by atoms with E-state index >= 15 is 0 Å². The van der Waals surface area contributed by atoms with Gasteiger partial charge in [-0.25, -0.2) is 0 Å². The van der Waals surface area contributed by atoms with Crippen LogP contribution in [0.25, 0.3) is 56.1 Å². The Kier molecular flexibility index (Phi) is 9.86. The zero-order valence-corrected chi connectivity index (χ0v) is 34.6. The summed E-state index contributed by atoms with van der Waals surface area (Å²) >= 11 is 0. The van der Waals surface area contributed by atoms with Crippen LogP contribution in [-0.4, -0.2) is 17.2 Å². The Morgan fingerprint density at radius 3 is 1.10 bits per heavy atom. The van der Waals surface area contributed by atoms with Gasteiger partial charge in [0.05, 0.1) is 11.4 Å². The largest absolute Gasteiger partial charge is 0.316 e. The lowest BCUT2D eigenvalue weighted by atomic mass is 9.98. The van der Waals surface area contributed by atoms with Crippen molar-refractivity contribution >= 4 is 28.8 Å². The summed E-state index contributed by atoms with van der Waals surface area (Å²) in [6.45, 7) is 2.27. The number of hydrogen-bond acceptors (Lipinski definition) is 0. The van der Waals surface area contributed by atoms with Gasteiger partial charge in [-0.1, -0.05) is 206 Å². The standard InChI is InChI=1S/C57H44N2Si/c1-43-53(41-58(48-30-13-4-14-31-48)55(43)44-24-9-2-10-25-44)46-28-23-29-47(40-46)54-42-59(49-32-15-5-16-33-49)56(45-26-11-3-12-27-45)57(54)60(50-34-17-6-18-35-50,51-36-19-7-20-37-51)52-38-21-8-22-39-52/h2-42H,1H3. The van der Waals surface area contributed by atoms with Crippen molar-refractivity contribution < 1.29 is 0 Å². The van der Waals surface area contributed by atoms with Crippen LogP contribution >= 0.6 is 0 Å². The summed E-state index contributed by atoms with van der Waals surface area (Å²) < 4.78 is 4.81. The van der Waals surface area contributed by atoms with E-state index in [1.54, 1.807) is 0 Å². The Morgan fingerprint density at radius 1 is 0.317 bits per heavy atom. The van der Waals surface area contributed by atoms with E-state index in [2.05, 4.69) is 265 Å². The molecule has 0 aliphatic rings. The predicted octanol–water partition coefficient (Wildman–Crippen LogP) is 11.6. The highest BCUT2D eigenvalue weighted by molar-refractivity contribution is 7.21. The first kappa shape index (κ1) is 36.8. The normalized spacial score (nSPS) is 11.4. The second-order valence-electron chi connectivity index (χ2n) is 15.4. The van der Waals surface area contributed by atoms with Crippen LogP contribution in [-0.2, 0) is 0 Å². The molecule has 0 radical (unpaired) electrons. The van der Waals surface area contributed by atoms with Crippen molar-refractivity contribution in [2.45, 2.75) is 6.92 Å². The highest BCUT2D eigenvalue weighted by Gasteiger charge is 2.46. The minimum atomic E-state index is -3.09. The molecule has 10 aromatic rings. The van der Waals surface area contributed by atoms with Crippen LogP contribution in [0.4, 0.5) is 0 Å². The van der Waals surface area contributed by atoms with E-state index < -0.39 is 8.07 Å². The molecule has 3 heteroatoms. The van der Waals surface area contributed by atoms with E-state index in [4.69, 9.17) is 0 Å². The predicted molar refractivity (Wildman–Crippen MR) is 255 cm³/mol. The SMILES string of the molecule is Cc1c(-c2cccc(-c3cn(-c4ccccc4)c(-c4ccccc4)c3[Si](c3ccccc3)(c3ccccc3)c3ccccc3)c2)cn(-c2ccccc2)c1-c1ccccc1. The lowest BCUT2D eigenvalue weighted by Gasteiger charge is -2.36. The summed E-state index contributed by atoms with van der Waals surface area (Å²) in [6.07, 6.45) is 4.74. The summed E-state index contributed by atoms with van der Waals surface area (Å²) in [5.41, 5.74) is 13.1. The Labute approximate surface area is 354 Å². The molecule has 0 spiro atoms. The van der Waals surface area contributed by atoms with Gasteiger partial charge in [0.25, 0.3) is 0 Å². The van der Waals surface area contributed by atoms with Gasteiger partial charge in [-0.2, -0.15) is 0 Å². The average Bonchev–Trinajstić information content (AvgIpc) is 3.90. The van der Waals surface area contributed by atoms with Gasteiger partial charge in [-0.05, 0) is 85.8 Å². The summed E-state index contributed by atoms with van der Waals surface area (Å²) in [5.74, 6) is 0. The van der Waals surface area contributed by atoms with Crippen molar-refractivity contribution in [3.63, 3.8) is 0 Å². The summed E-state index contributed by atoms with van der Waals surface area (Å²) in [6, 6.07) is 86.5. The van der Waals surface area contributed by atoms with Crippen LogP contribution in [0.2, 0.25) is 0 Å². The number of rotatable bonds is 10. The highest BCUT2D eigenvalue weighted by atomic mass is 28.3. The summed E-state index contributed by atoms with van der Waals surface area (Å²) in [4.78, 5) is 0. The molecule has 0 N–H and O–H groups in total. The molecule has 0 saturated carbocycles. The first-order chi connectivity index (χ1) is 29.7. The fraction of sp³-hybridized carbons (Fsp3) is 0.0175. The molecule has 0 atom stereocenters. The fourth-order valence-electron chi connectivity index (χ4n) is 9.26. The van der Waals surface area contributed by atoms with E-state index in [1.807, 2.05) is 0 Å². The molecule has 0 aliphatic carbocycles. The van der Waals surface area contributed by atoms with Crippen LogP contribution < -0.4 is 20.7 Å². The third-order valence-corrected chi connectivity index (χ3v) is 16.8. The van der Waals surface area contributed by atoms with Crippen molar-refractivity contribution in [2.75, 3.05) is 0 Å². The quantitative estimate of drug-likeness (QED) is 0.0966. The molecular weight excluding hydrogens is 741 g/mol. The molecular formula is C57H44N2Si. The van der Waals surface area contributed by atoms with E-state index in [1.165, 1.54) is 71.1 Å². The third-order valence-electron chi connectivity index (χ3n) is 11.9. The van der Waals surface area contributed by atoms with Crippen LogP contribution in [0.15, 0.2) is 249 Å². The molecule has 2 aromatic heterocycles. The van der Waals surface area contributed by atoms with Gasteiger partial charge in [-0.15, -0.1) is 0 Å². The van der Waals surface area contributed by atoms with Crippen LogP contribution in [0, 0.1) is 6.92 Å². The number of aromatic nitrogens is 2. The molecule has 0 unspecified atom stereocenters. The number of benzene rings is 8. The minimum Gasteiger partial charge on any atom is -0.316 e. The fourth-order valence-corrected chi connectivity index (χ4v) is 14.4. The molecule has 2 nitrogen and oxygen atoms in total. The summed E-state index contributed by atoms with van der Waals surface area (Å²) in [7, 11) is -3.09. The monoisotopic (exact) mass is 784 g/mol. The molecule has 0 saturated heterocycles. The van der Waals surface area contributed by atoms with E-state index in [-0.39, 0.29) is 0 Å². The lowest BCUT2D eigenvalue weighted by Crippen LogP contribution is -2.75. The second kappa shape index (κ2) is 16.1. The molecule has 8 aromatic carbocycles. The van der Waals surface area contributed by atoms with Gasteiger partial charge in [0.15, 0.2) is 8.07 Å². The van der Waals surface area contributed by atoms with Crippen molar-refractivity contribution in [3.05, 3.63) is 255 Å². The second-order valence-corrected chi connectivity index (χ2v) is 19.1. The maximum absolute atomic E-state index is 3.09. The van der Waals surface area contributed by atoms with E-state index in [9.17, 15) is 0 Å². The Balaban J connectivity index is 1.32. The minimum absolute atomic E-state index is 1.13. The molecule has 0 aliphatic heterocycles. The molecule has 10 rings (SSSR count). The van der Waals surface area contributed by atoms with Gasteiger partial charge in [-0.3, -0.25) is 0 Å². The van der Waals surface area contributed by atoms with Crippen LogP contribution in [0.3, 0.4) is 0 Å². The smallest absolute Gasteiger partial charge is 0.182 e. The first-order valence-electron chi connectivity index (χ1n) is 20.7. The number of nitrogens with zero attached hydrogens (tertiary/aromatic N) is 2. The van der Waals surface area contributed by atoms with Gasteiger partial charge in [0.1, 0.15) is 0 Å². The van der Waals surface area contributed by atoms with E-state index in [0.717, 1.165) is 11.4 Å². The van der Waals surface area contributed by atoms with Crippen molar-refractivity contribution in [1.82, 2.24) is 9.13 Å². The van der Waals surface area contributed by atoms with Gasteiger partial charge < -0.3 is 9.13 Å². The molecule has 286 valence electrons. The van der Waals surface area contributed by atoms with Crippen molar-refractivity contribution in [1.29, 1.82) is 0 Å². The Bertz CT molecular complexity index is 2900. The van der Waals surface area contributed by atoms with Crippen LogP contribution in [0.5, 0.6) is 0 Å². The van der Waals surface area contributed by atoms with Gasteiger partial charge in [0.2, 0.25) is 0 Å².